The number of allylic oxidation sites excluding steroid dienone is 1. The Morgan fingerprint density at radius 2 is 1.60 bits per heavy atom. The Morgan fingerprint density at radius 3 is 2.27 bits per heavy atom. The summed E-state index contributed by atoms with van der Waals surface area (Å²) < 4.78 is 4.83. The van der Waals surface area contributed by atoms with Crippen LogP contribution in [0.1, 0.15) is 64.7 Å². The predicted molar refractivity (Wildman–Crippen MR) is 150 cm³/mol. The second kappa shape index (κ2) is 11.2. The highest BCUT2D eigenvalue weighted by atomic mass is 16.5. The van der Waals surface area contributed by atoms with Crippen molar-refractivity contribution in [2.24, 2.45) is 0 Å². The zero-order valence-corrected chi connectivity index (χ0v) is 22.3. The molecule has 1 amide bonds. The molecule has 8 heteroatoms. The first kappa shape index (κ1) is 26.9. The number of aliphatic carboxylic acids is 1. The number of esters is 1. The van der Waals surface area contributed by atoms with Gasteiger partial charge < -0.3 is 15.2 Å². The number of aryl methyl sites for hydroxylation is 1. The molecule has 0 bridgehead atoms. The Kier molecular flexibility index (Phi) is 7.51. The van der Waals surface area contributed by atoms with Crippen LogP contribution in [0, 0.1) is 6.92 Å². The van der Waals surface area contributed by atoms with E-state index in [1.807, 2.05) is 43.3 Å². The van der Waals surface area contributed by atoms with Crippen molar-refractivity contribution in [3.05, 3.63) is 106 Å². The molecule has 2 atom stereocenters. The van der Waals surface area contributed by atoms with Gasteiger partial charge in [0.2, 0.25) is 5.91 Å². The van der Waals surface area contributed by atoms with Gasteiger partial charge in [-0.25, -0.2) is 4.79 Å². The van der Waals surface area contributed by atoms with Crippen LogP contribution in [0.25, 0.3) is 0 Å². The minimum atomic E-state index is -1.08. The number of ether oxygens (including phenoxy) is 1. The molecule has 204 valence electrons. The van der Waals surface area contributed by atoms with Gasteiger partial charge in [-0.3, -0.25) is 19.3 Å². The number of carbonyl (C=O) groups excluding carboxylic acids is 3. The quantitative estimate of drug-likeness (QED) is 0.396. The average molecular weight is 539 g/mol. The number of nitrogens with one attached hydrogen (secondary N) is 1. The minimum absolute atomic E-state index is 0.0388. The number of anilines is 2. The second-order valence-electron chi connectivity index (χ2n) is 10.1. The number of carboxylic acid groups (broad SMARTS) is 1. The van der Waals surface area contributed by atoms with E-state index in [9.17, 15) is 24.3 Å². The number of fused-ring (bicyclic) bond motifs is 1. The predicted octanol–water partition coefficient (Wildman–Crippen LogP) is 5.55. The van der Waals surface area contributed by atoms with Gasteiger partial charge in [0.05, 0.1) is 36.5 Å². The van der Waals surface area contributed by atoms with Crippen molar-refractivity contribution in [3.8, 4) is 0 Å². The van der Waals surface area contributed by atoms with Gasteiger partial charge in [-0.15, -0.1) is 0 Å². The summed E-state index contributed by atoms with van der Waals surface area (Å²) in [5.74, 6) is -2.12. The number of Topliss-reactive ketones (excluding diaryl/α,β-unsaturated/α-hetero) is 1. The van der Waals surface area contributed by atoms with Crippen molar-refractivity contribution in [2.45, 2.75) is 44.6 Å². The Bertz CT molecular complexity index is 1510. The minimum Gasteiger partial charge on any atom is -0.481 e. The van der Waals surface area contributed by atoms with Crippen LogP contribution in [0.2, 0.25) is 0 Å². The Labute approximate surface area is 232 Å². The van der Waals surface area contributed by atoms with E-state index in [0.717, 1.165) is 16.8 Å². The van der Waals surface area contributed by atoms with Crippen molar-refractivity contribution in [3.63, 3.8) is 0 Å². The zero-order chi connectivity index (χ0) is 28.4. The van der Waals surface area contributed by atoms with E-state index in [4.69, 9.17) is 4.74 Å². The summed E-state index contributed by atoms with van der Waals surface area (Å²) in [6.07, 6.45) is 0.262. The maximum absolute atomic E-state index is 14.0. The molecule has 8 nitrogen and oxygen atoms in total. The molecule has 3 aromatic carbocycles. The number of rotatable bonds is 6. The zero-order valence-electron chi connectivity index (χ0n) is 22.3. The standard InChI is InChI=1S/C32H30N2O6/c1-19-7-9-20(10-8-19)23-17-25-30(27(35)18-23)31(21-11-13-22(14-12-21)32(39)40-2)34(28(36)15-16-29(37)38)26-6-4-3-5-24(26)33-25/h3-14,23,31,33H,15-18H2,1-2H3,(H,37,38)/t23-,31-/m0/s1. The van der Waals surface area contributed by atoms with Gasteiger partial charge in [-0.1, -0.05) is 54.1 Å². The number of methoxy groups -OCH3 is 1. The van der Waals surface area contributed by atoms with Crippen molar-refractivity contribution in [1.82, 2.24) is 0 Å². The highest BCUT2D eigenvalue weighted by Gasteiger charge is 2.41. The largest absolute Gasteiger partial charge is 0.481 e. The number of hydrogen-bond acceptors (Lipinski definition) is 6. The van der Waals surface area contributed by atoms with Gasteiger partial charge >= 0.3 is 11.9 Å². The van der Waals surface area contributed by atoms with Crippen LogP contribution < -0.4 is 10.2 Å². The van der Waals surface area contributed by atoms with Gasteiger partial charge in [-0.2, -0.15) is 0 Å². The lowest BCUT2D eigenvalue weighted by Crippen LogP contribution is -2.38. The lowest BCUT2D eigenvalue weighted by atomic mass is 9.78. The lowest BCUT2D eigenvalue weighted by Gasteiger charge is -2.35. The summed E-state index contributed by atoms with van der Waals surface area (Å²) >= 11 is 0. The SMILES string of the molecule is COC(=O)c1ccc([C@H]2C3=C(C[C@H](c4ccc(C)cc4)CC3=O)Nc3ccccc3N2C(=O)CCC(=O)O)cc1. The molecule has 2 aliphatic rings. The fourth-order valence-electron chi connectivity index (χ4n) is 5.51. The normalized spacial score (nSPS) is 18.2. The summed E-state index contributed by atoms with van der Waals surface area (Å²) in [4.78, 5) is 52.8. The fraction of sp³-hybridized carbons (Fsp3) is 0.250. The molecule has 0 aromatic heterocycles. The van der Waals surface area contributed by atoms with E-state index in [1.54, 1.807) is 36.4 Å². The third kappa shape index (κ3) is 5.25. The molecule has 40 heavy (non-hydrogen) atoms. The lowest BCUT2D eigenvalue weighted by molar-refractivity contribution is -0.138. The molecule has 0 saturated heterocycles. The van der Waals surface area contributed by atoms with Crippen molar-refractivity contribution >= 4 is 35.0 Å². The molecule has 0 unspecified atom stereocenters. The van der Waals surface area contributed by atoms with Crippen LogP contribution in [0.3, 0.4) is 0 Å². The van der Waals surface area contributed by atoms with Crippen molar-refractivity contribution in [1.29, 1.82) is 0 Å². The van der Waals surface area contributed by atoms with E-state index >= 15 is 0 Å². The number of ketones is 1. The molecule has 2 N–H and O–H groups in total. The van der Waals surface area contributed by atoms with Gasteiger partial charge in [0, 0.05) is 24.1 Å². The third-order valence-electron chi connectivity index (χ3n) is 7.51. The van der Waals surface area contributed by atoms with Crippen molar-refractivity contribution < 1.29 is 29.0 Å². The number of nitrogens with zero attached hydrogens (tertiary/aromatic N) is 1. The number of carbonyl (C=O) groups is 4. The Hall–Kier alpha value is -4.72. The molecular formula is C32H30N2O6. The Morgan fingerprint density at radius 1 is 0.925 bits per heavy atom. The van der Waals surface area contributed by atoms with Gasteiger partial charge in [0.25, 0.3) is 0 Å². The maximum Gasteiger partial charge on any atom is 0.337 e. The van der Waals surface area contributed by atoms with E-state index in [0.29, 0.717) is 34.5 Å². The monoisotopic (exact) mass is 538 g/mol. The van der Waals surface area contributed by atoms with Gasteiger partial charge in [0.1, 0.15) is 0 Å². The molecule has 0 spiro atoms. The average Bonchev–Trinajstić information content (AvgIpc) is 3.10. The van der Waals surface area contributed by atoms with E-state index < -0.39 is 23.9 Å². The molecule has 1 aliphatic carbocycles. The molecule has 1 heterocycles. The van der Waals surface area contributed by atoms with Crippen LogP contribution in [0.4, 0.5) is 11.4 Å². The van der Waals surface area contributed by atoms with Crippen LogP contribution >= 0.6 is 0 Å². The number of para-hydroxylation sites is 2. The molecule has 5 rings (SSSR count). The topological polar surface area (TPSA) is 113 Å². The maximum atomic E-state index is 14.0. The summed E-state index contributed by atoms with van der Waals surface area (Å²) in [6, 6.07) is 21.3. The van der Waals surface area contributed by atoms with Crippen LogP contribution in [-0.4, -0.2) is 35.8 Å². The van der Waals surface area contributed by atoms with Gasteiger partial charge in [0.15, 0.2) is 5.78 Å². The van der Waals surface area contributed by atoms with E-state index in [-0.39, 0.29) is 31.0 Å². The third-order valence-corrected chi connectivity index (χ3v) is 7.51. The second-order valence-corrected chi connectivity index (χ2v) is 10.1. The number of amides is 1. The highest BCUT2D eigenvalue weighted by molar-refractivity contribution is 6.06. The number of carboxylic acids is 1. The smallest absolute Gasteiger partial charge is 0.337 e. The van der Waals surface area contributed by atoms with E-state index in [2.05, 4.69) is 5.32 Å². The van der Waals surface area contributed by atoms with E-state index in [1.165, 1.54) is 12.0 Å². The molecule has 0 fully saturated rings. The molecule has 0 saturated carbocycles. The van der Waals surface area contributed by atoms with Crippen LogP contribution in [0.15, 0.2) is 84.1 Å². The first-order valence-corrected chi connectivity index (χ1v) is 13.2. The molecular weight excluding hydrogens is 508 g/mol. The first-order chi connectivity index (χ1) is 19.3. The number of hydrogen-bond donors (Lipinski definition) is 2. The summed E-state index contributed by atoms with van der Waals surface area (Å²) in [7, 11) is 1.30. The fourth-order valence-corrected chi connectivity index (χ4v) is 5.51. The molecule has 3 aromatic rings. The number of benzene rings is 3. The summed E-state index contributed by atoms with van der Waals surface area (Å²) in [5, 5.41) is 12.8. The highest BCUT2D eigenvalue weighted by Crippen LogP contribution is 2.47. The van der Waals surface area contributed by atoms with Gasteiger partial charge in [-0.05, 0) is 54.7 Å². The molecule has 0 radical (unpaired) electrons. The van der Waals surface area contributed by atoms with Crippen LogP contribution in [-0.2, 0) is 19.1 Å². The summed E-state index contributed by atoms with van der Waals surface area (Å²) in [5.41, 5.74) is 5.57. The molecule has 1 aliphatic heterocycles. The summed E-state index contributed by atoms with van der Waals surface area (Å²) in [6.45, 7) is 2.02. The first-order valence-electron chi connectivity index (χ1n) is 13.2. The Balaban J connectivity index is 1.67. The van der Waals surface area contributed by atoms with Crippen molar-refractivity contribution in [2.75, 3.05) is 17.3 Å². The van der Waals surface area contributed by atoms with Crippen LogP contribution in [0.5, 0.6) is 0 Å².